The van der Waals surface area contributed by atoms with Crippen LogP contribution in [-0.4, -0.2) is 37.7 Å². The lowest BCUT2D eigenvalue weighted by Crippen LogP contribution is -2.37. The van der Waals surface area contributed by atoms with Crippen molar-refractivity contribution in [3.8, 4) is 0 Å². The van der Waals surface area contributed by atoms with Crippen LogP contribution in [0.5, 0.6) is 0 Å². The van der Waals surface area contributed by atoms with Crippen molar-refractivity contribution in [1.82, 2.24) is 4.90 Å². The number of ether oxygens (including phenoxy) is 1. The molecule has 0 unspecified atom stereocenters. The molecule has 1 heterocycles. The summed E-state index contributed by atoms with van der Waals surface area (Å²) in [4.78, 5) is 2.42. The number of halogens is 2. The van der Waals surface area contributed by atoms with E-state index in [0.29, 0.717) is 0 Å². The molecule has 0 aromatic heterocycles. The van der Waals surface area contributed by atoms with Crippen LogP contribution in [-0.2, 0) is 11.2 Å². The number of morpholine rings is 1. The smallest absolute Gasteiger partial charge is 0.0594 e. The Kier molecular flexibility index (Phi) is 4.65. The molecular weight excluding hydrogens is 289 g/mol. The first-order chi connectivity index (χ1) is 7.75. The Hall–Kier alpha value is -0.0900. The summed E-state index contributed by atoms with van der Waals surface area (Å²) < 4.78 is 6.41. The maximum atomic E-state index is 6.15. The maximum Gasteiger partial charge on any atom is 0.0594 e. The second-order valence-corrected chi connectivity index (χ2v) is 5.26. The molecule has 16 heavy (non-hydrogen) atoms. The molecule has 1 aromatic carbocycles. The summed E-state index contributed by atoms with van der Waals surface area (Å²) in [7, 11) is 0. The standard InChI is InChI=1S/C12H15BrClNO/c13-11-1-2-12(14)10(9-11)3-4-15-5-7-16-8-6-15/h1-2,9H,3-8H2. The topological polar surface area (TPSA) is 12.5 Å². The largest absolute Gasteiger partial charge is 0.379 e. The first-order valence-electron chi connectivity index (χ1n) is 5.50. The van der Waals surface area contributed by atoms with E-state index in [2.05, 4.69) is 26.9 Å². The average Bonchev–Trinajstić information content (AvgIpc) is 2.32. The Morgan fingerprint density at radius 2 is 2.06 bits per heavy atom. The minimum atomic E-state index is 0.853. The Morgan fingerprint density at radius 3 is 2.81 bits per heavy atom. The van der Waals surface area contributed by atoms with Crippen LogP contribution in [0.1, 0.15) is 5.56 Å². The predicted molar refractivity (Wildman–Crippen MR) is 70.1 cm³/mol. The zero-order valence-corrected chi connectivity index (χ0v) is 11.4. The highest BCUT2D eigenvalue weighted by atomic mass is 79.9. The molecule has 1 saturated heterocycles. The highest BCUT2D eigenvalue weighted by molar-refractivity contribution is 9.10. The van der Waals surface area contributed by atoms with E-state index >= 15 is 0 Å². The lowest BCUT2D eigenvalue weighted by atomic mass is 10.1. The summed E-state index contributed by atoms with van der Waals surface area (Å²) in [6.45, 7) is 4.83. The van der Waals surface area contributed by atoms with Crippen LogP contribution < -0.4 is 0 Å². The van der Waals surface area contributed by atoms with E-state index in [9.17, 15) is 0 Å². The monoisotopic (exact) mass is 303 g/mol. The van der Waals surface area contributed by atoms with Crippen molar-refractivity contribution in [2.24, 2.45) is 0 Å². The lowest BCUT2D eigenvalue weighted by Gasteiger charge is -2.26. The van der Waals surface area contributed by atoms with Crippen molar-refractivity contribution < 1.29 is 4.74 Å². The molecule has 1 aliphatic heterocycles. The molecule has 0 aliphatic carbocycles. The third-order valence-corrected chi connectivity index (χ3v) is 3.67. The molecule has 0 radical (unpaired) electrons. The van der Waals surface area contributed by atoms with E-state index in [4.69, 9.17) is 16.3 Å². The van der Waals surface area contributed by atoms with Crippen molar-refractivity contribution in [2.45, 2.75) is 6.42 Å². The van der Waals surface area contributed by atoms with Gasteiger partial charge in [-0.3, -0.25) is 4.90 Å². The minimum absolute atomic E-state index is 0.853. The van der Waals surface area contributed by atoms with E-state index in [-0.39, 0.29) is 0 Å². The molecule has 0 bridgehead atoms. The van der Waals surface area contributed by atoms with Gasteiger partial charge in [-0.05, 0) is 30.2 Å². The number of hydrogen-bond acceptors (Lipinski definition) is 2. The summed E-state index contributed by atoms with van der Waals surface area (Å²) in [5.74, 6) is 0. The fraction of sp³-hybridized carbons (Fsp3) is 0.500. The van der Waals surface area contributed by atoms with Crippen LogP contribution in [0.3, 0.4) is 0 Å². The Bertz CT molecular complexity index is 353. The van der Waals surface area contributed by atoms with Gasteiger partial charge in [0.25, 0.3) is 0 Å². The van der Waals surface area contributed by atoms with Crippen molar-refractivity contribution >= 4 is 27.5 Å². The average molecular weight is 305 g/mol. The highest BCUT2D eigenvalue weighted by Gasteiger charge is 2.10. The molecule has 0 amide bonds. The van der Waals surface area contributed by atoms with Crippen LogP contribution in [0.2, 0.25) is 5.02 Å². The van der Waals surface area contributed by atoms with E-state index in [1.165, 1.54) is 5.56 Å². The molecule has 1 aromatic rings. The first kappa shape index (κ1) is 12.4. The van der Waals surface area contributed by atoms with E-state index in [0.717, 1.165) is 48.8 Å². The summed E-state index contributed by atoms with van der Waals surface area (Å²) in [5, 5.41) is 0.858. The number of benzene rings is 1. The van der Waals surface area contributed by atoms with Crippen LogP contribution >= 0.6 is 27.5 Å². The van der Waals surface area contributed by atoms with Crippen molar-refractivity contribution in [3.05, 3.63) is 33.3 Å². The second-order valence-electron chi connectivity index (χ2n) is 3.94. The Balaban J connectivity index is 1.90. The summed E-state index contributed by atoms with van der Waals surface area (Å²) in [6, 6.07) is 6.02. The Labute approximate surface area is 110 Å². The van der Waals surface area contributed by atoms with Gasteiger partial charge in [-0.2, -0.15) is 0 Å². The van der Waals surface area contributed by atoms with Gasteiger partial charge in [-0.15, -0.1) is 0 Å². The predicted octanol–water partition coefficient (Wildman–Crippen LogP) is 2.98. The second kappa shape index (κ2) is 6.01. The van der Waals surface area contributed by atoms with Gasteiger partial charge >= 0.3 is 0 Å². The van der Waals surface area contributed by atoms with E-state index < -0.39 is 0 Å². The molecule has 0 N–H and O–H groups in total. The van der Waals surface area contributed by atoms with Crippen molar-refractivity contribution in [2.75, 3.05) is 32.8 Å². The molecule has 0 spiro atoms. The molecule has 4 heteroatoms. The van der Waals surface area contributed by atoms with Gasteiger partial charge in [-0.1, -0.05) is 27.5 Å². The van der Waals surface area contributed by atoms with Crippen molar-refractivity contribution in [3.63, 3.8) is 0 Å². The van der Waals surface area contributed by atoms with Gasteiger partial charge in [0.2, 0.25) is 0 Å². The van der Waals surface area contributed by atoms with Gasteiger partial charge in [-0.25, -0.2) is 0 Å². The van der Waals surface area contributed by atoms with Crippen LogP contribution in [0, 0.1) is 0 Å². The molecule has 1 aliphatic rings. The van der Waals surface area contributed by atoms with Gasteiger partial charge in [0.15, 0.2) is 0 Å². The number of rotatable bonds is 3. The summed E-state index contributed by atoms with van der Waals surface area (Å²) >= 11 is 9.62. The van der Waals surface area contributed by atoms with E-state index in [1.54, 1.807) is 0 Å². The fourth-order valence-corrected chi connectivity index (χ4v) is 2.46. The molecule has 88 valence electrons. The normalized spacial score (nSPS) is 17.6. The quantitative estimate of drug-likeness (QED) is 0.851. The highest BCUT2D eigenvalue weighted by Crippen LogP contribution is 2.21. The number of nitrogens with zero attached hydrogens (tertiary/aromatic N) is 1. The van der Waals surface area contributed by atoms with Gasteiger partial charge in [0.05, 0.1) is 13.2 Å². The van der Waals surface area contributed by atoms with Crippen molar-refractivity contribution in [1.29, 1.82) is 0 Å². The lowest BCUT2D eigenvalue weighted by molar-refractivity contribution is 0.0384. The zero-order valence-electron chi connectivity index (χ0n) is 9.09. The molecule has 0 atom stereocenters. The first-order valence-corrected chi connectivity index (χ1v) is 6.67. The number of hydrogen-bond donors (Lipinski definition) is 0. The van der Waals surface area contributed by atoms with Gasteiger partial charge in [0.1, 0.15) is 0 Å². The summed E-state index contributed by atoms with van der Waals surface area (Å²) in [6.07, 6.45) is 0.998. The molecular formula is C12H15BrClNO. The minimum Gasteiger partial charge on any atom is -0.379 e. The Morgan fingerprint density at radius 1 is 1.31 bits per heavy atom. The van der Waals surface area contributed by atoms with E-state index in [1.807, 2.05) is 12.1 Å². The molecule has 0 saturated carbocycles. The zero-order chi connectivity index (χ0) is 11.4. The fourth-order valence-electron chi connectivity index (χ4n) is 1.84. The van der Waals surface area contributed by atoms with Gasteiger partial charge in [0, 0.05) is 29.1 Å². The van der Waals surface area contributed by atoms with Crippen LogP contribution in [0.25, 0.3) is 0 Å². The third kappa shape index (κ3) is 3.45. The molecule has 2 nitrogen and oxygen atoms in total. The maximum absolute atomic E-state index is 6.15. The summed E-state index contributed by atoms with van der Waals surface area (Å²) in [5.41, 5.74) is 1.21. The van der Waals surface area contributed by atoms with Crippen LogP contribution in [0.4, 0.5) is 0 Å². The SMILES string of the molecule is Clc1ccc(Br)cc1CCN1CCOCC1. The third-order valence-electron chi connectivity index (χ3n) is 2.81. The van der Waals surface area contributed by atoms with Crippen LogP contribution in [0.15, 0.2) is 22.7 Å². The molecule has 1 fully saturated rings. The molecule has 2 rings (SSSR count). The van der Waals surface area contributed by atoms with Gasteiger partial charge < -0.3 is 4.74 Å².